The Balaban J connectivity index is 0.000000487. The molecule has 0 amide bonds. The van der Waals surface area contributed by atoms with Crippen LogP contribution in [0.15, 0.2) is 18.2 Å². The summed E-state index contributed by atoms with van der Waals surface area (Å²) in [6.45, 7) is 4.21. The van der Waals surface area contributed by atoms with Crippen molar-refractivity contribution in [2.75, 3.05) is 33.4 Å². The molecule has 0 bridgehead atoms. The van der Waals surface area contributed by atoms with Crippen molar-refractivity contribution < 1.29 is 34.1 Å². The zero-order valence-electron chi connectivity index (χ0n) is 14.8. The maximum atomic E-state index is 10.7. The lowest BCUT2D eigenvalue weighted by Crippen LogP contribution is -2.31. The van der Waals surface area contributed by atoms with E-state index in [-0.39, 0.29) is 0 Å². The molecule has 1 fully saturated rings. The van der Waals surface area contributed by atoms with Crippen LogP contribution in [-0.2, 0) is 9.59 Å². The van der Waals surface area contributed by atoms with E-state index in [0.29, 0.717) is 23.7 Å². The van der Waals surface area contributed by atoms with Crippen molar-refractivity contribution in [2.24, 2.45) is 0 Å². The minimum atomic E-state index is -1.82. The largest absolute Gasteiger partial charge is 0.493 e. The number of nitrogens with zero attached hydrogens (tertiary/aromatic N) is 1. The molecular weight excluding hydrogens is 342 g/mol. The Morgan fingerprint density at radius 1 is 1.12 bits per heavy atom. The third-order valence-electron chi connectivity index (χ3n) is 3.83. The standard InChI is InChI=1S/C16H23NO3.C2H2O4/c1-19-16-12-14(13-18)6-7-15(16)20-11-5-10-17-8-3-2-4-9-17;3-1(4)2(5)6/h6-7,12-13H,2-5,8-11H2,1H3;(H,3,4)(H,5,6). The average Bonchev–Trinajstić information content (AvgIpc) is 2.66. The molecule has 1 heterocycles. The van der Waals surface area contributed by atoms with Crippen molar-refractivity contribution >= 4 is 18.2 Å². The molecule has 2 rings (SSSR count). The summed E-state index contributed by atoms with van der Waals surface area (Å²) >= 11 is 0. The fourth-order valence-electron chi connectivity index (χ4n) is 2.53. The number of carboxylic acids is 2. The predicted octanol–water partition coefficient (Wildman–Crippen LogP) is 1.92. The molecular formula is C18H25NO7. The van der Waals surface area contributed by atoms with Crippen molar-refractivity contribution in [3.05, 3.63) is 23.8 Å². The summed E-state index contributed by atoms with van der Waals surface area (Å²) in [5, 5.41) is 14.8. The maximum Gasteiger partial charge on any atom is 0.414 e. The van der Waals surface area contributed by atoms with Crippen LogP contribution in [0.2, 0.25) is 0 Å². The third kappa shape index (κ3) is 7.98. The Hall–Kier alpha value is -2.61. The zero-order chi connectivity index (χ0) is 19.4. The molecule has 0 aliphatic carbocycles. The van der Waals surface area contributed by atoms with Crippen LogP contribution in [0.5, 0.6) is 11.5 Å². The van der Waals surface area contributed by atoms with Gasteiger partial charge in [-0.3, -0.25) is 4.79 Å². The first-order valence-electron chi connectivity index (χ1n) is 8.42. The summed E-state index contributed by atoms with van der Waals surface area (Å²) in [5.74, 6) is -2.32. The van der Waals surface area contributed by atoms with Gasteiger partial charge < -0.3 is 24.6 Å². The van der Waals surface area contributed by atoms with E-state index in [1.807, 2.05) is 0 Å². The van der Waals surface area contributed by atoms with Crippen molar-refractivity contribution in [1.82, 2.24) is 4.90 Å². The van der Waals surface area contributed by atoms with Gasteiger partial charge in [-0.1, -0.05) is 6.42 Å². The highest BCUT2D eigenvalue weighted by molar-refractivity contribution is 6.27. The maximum absolute atomic E-state index is 10.7. The quantitative estimate of drug-likeness (QED) is 0.427. The number of piperidine rings is 1. The Bertz CT molecular complexity index is 585. The second kappa shape index (κ2) is 11.9. The number of ether oxygens (including phenoxy) is 2. The van der Waals surface area contributed by atoms with Gasteiger partial charge in [-0.2, -0.15) is 0 Å². The summed E-state index contributed by atoms with van der Waals surface area (Å²) in [4.78, 5) is 31.4. The number of hydrogen-bond donors (Lipinski definition) is 2. The zero-order valence-corrected chi connectivity index (χ0v) is 14.8. The van der Waals surface area contributed by atoms with Crippen molar-refractivity contribution in [2.45, 2.75) is 25.7 Å². The molecule has 0 saturated carbocycles. The van der Waals surface area contributed by atoms with E-state index in [1.165, 1.54) is 32.4 Å². The highest BCUT2D eigenvalue weighted by Crippen LogP contribution is 2.27. The SMILES string of the molecule is COc1cc(C=O)ccc1OCCCN1CCCCC1.O=C(O)C(=O)O. The Morgan fingerprint density at radius 3 is 2.31 bits per heavy atom. The van der Waals surface area contributed by atoms with Crippen LogP contribution in [0.3, 0.4) is 0 Å². The molecule has 8 heteroatoms. The van der Waals surface area contributed by atoms with Crippen LogP contribution in [0, 0.1) is 0 Å². The molecule has 1 aromatic carbocycles. The normalized spacial score (nSPS) is 13.9. The van der Waals surface area contributed by atoms with Gasteiger partial charge in [0.1, 0.15) is 6.29 Å². The molecule has 2 N–H and O–H groups in total. The number of aliphatic carboxylic acids is 2. The first-order chi connectivity index (χ1) is 12.5. The minimum Gasteiger partial charge on any atom is -0.493 e. The Morgan fingerprint density at radius 2 is 1.77 bits per heavy atom. The lowest BCUT2D eigenvalue weighted by Gasteiger charge is -2.26. The van der Waals surface area contributed by atoms with E-state index >= 15 is 0 Å². The van der Waals surface area contributed by atoms with Crippen LogP contribution in [0.25, 0.3) is 0 Å². The lowest BCUT2D eigenvalue weighted by molar-refractivity contribution is -0.159. The lowest BCUT2D eigenvalue weighted by atomic mass is 10.1. The molecule has 0 atom stereocenters. The number of rotatable bonds is 7. The minimum absolute atomic E-state index is 0.600. The number of carboxylic acid groups (broad SMARTS) is 2. The molecule has 1 aliphatic heterocycles. The number of benzene rings is 1. The van der Waals surface area contributed by atoms with Crippen LogP contribution >= 0.6 is 0 Å². The molecule has 0 unspecified atom stereocenters. The van der Waals surface area contributed by atoms with Gasteiger partial charge in [0.2, 0.25) is 0 Å². The topological polar surface area (TPSA) is 113 Å². The monoisotopic (exact) mass is 367 g/mol. The van der Waals surface area contributed by atoms with Gasteiger partial charge in [-0.15, -0.1) is 0 Å². The van der Waals surface area contributed by atoms with Crippen LogP contribution in [0.1, 0.15) is 36.0 Å². The van der Waals surface area contributed by atoms with Crippen LogP contribution < -0.4 is 9.47 Å². The van der Waals surface area contributed by atoms with Gasteiger partial charge in [0.05, 0.1) is 13.7 Å². The Kier molecular flexibility index (Phi) is 9.78. The second-order valence-corrected chi connectivity index (χ2v) is 5.74. The fourth-order valence-corrected chi connectivity index (χ4v) is 2.53. The van der Waals surface area contributed by atoms with E-state index in [0.717, 1.165) is 19.3 Å². The summed E-state index contributed by atoms with van der Waals surface area (Å²) in [6.07, 6.45) is 5.83. The summed E-state index contributed by atoms with van der Waals surface area (Å²) < 4.78 is 11.0. The molecule has 26 heavy (non-hydrogen) atoms. The van der Waals surface area contributed by atoms with Gasteiger partial charge in [0, 0.05) is 12.1 Å². The van der Waals surface area contributed by atoms with Crippen molar-refractivity contribution in [3.8, 4) is 11.5 Å². The van der Waals surface area contributed by atoms with E-state index in [9.17, 15) is 4.79 Å². The highest BCUT2D eigenvalue weighted by atomic mass is 16.5. The highest BCUT2D eigenvalue weighted by Gasteiger charge is 2.10. The number of carbonyl (C=O) groups is 3. The molecule has 0 radical (unpaired) electrons. The fraction of sp³-hybridized carbons (Fsp3) is 0.500. The first-order valence-corrected chi connectivity index (χ1v) is 8.42. The number of aldehydes is 1. The van der Waals surface area contributed by atoms with E-state index in [1.54, 1.807) is 25.3 Å². The van der Waals surface area contributed by atoms with Crippen molar-refractivity contribution in [1.29, 1.82) is 0 Å². The molecule has 1 aromatic rings. The van der Waals surface area contributed by atoms with Gasteiger partial charge in [0.15, 0.2) is 11.5 Å². The molecule has 1 aliphatic rings. The predicted molar refractivity (Wildman–Crippen MR) is 94.1 cm³/mol. The smallest absolute Gasteiger partial charge is 0.414 e. The number of hydrogen-bond acceptors (Lipinski definition) is 6. The summed E-state index contributed by atoms with van der Waals surface area (Å²) in [5.41, 5.74) is 0.600. The number of carbonyl (C=O) groups excluding carboxylic acids is 1. The third-order valence-corrected chi connectivity index (χ3v) is 3.83. The molecule has 0 spiro atoms. The summed E-state index contributed by atoms with van der Waals surface area (Å²) in [7, 11) is 1.59. The Labute approximate surface area is 152 Å². The molecule has 1 saturated heterocycles. The second-order valence-electron chi connectivity index (χ2n) is 5.74. The van der Waals surface area contributed by atoms with Gasteiger partial charge in [-0.05, 0) is 50.6 Å². The van der Waals surface area contributed by atoms with E-state index < -0.39 is 11.9 Å². The van der Waals surface area contributed by atoms with E-state index in [2.05, 4.69) is 4.90 Å². The van der Waals surface area contributed by atoms with E-state index in [4.69, 9.17) is 29.3 Å². The van der Waals surface area contributed by atoms with Gasteiger partial charge >= 0.3 is 11.9 Å². The summed E-state index contributed by atoms with van der Waals surface area (Å²) in [6, 6.07) is 5.24. The molecule has 0 aromatic heterocycles. The van der Waals surface area contributed by atoms with Gasteiger partial charge in [0.25, 0.3) is 0 Å². The first kappa shape index (κ1) is 21.4. The van der Waals surface area contributed by atoms with Crippen molar-refractivity contribution in [3.63, 3.8) is 0 Å². The molecule has 8 nitrogen and oxygen atoms in total. The van der Waals surface area contributed by atoms with Crippen LogP contribution in [0.4, 0.5) is 0 Å². The average molecular weight is 367 g/mol. The number of likely N-dealkylation sites (tertiary alicyclic amines) is 1. The van der Waals surface area contributed by atoms with Crippen LogP contribution in [-0.4, -0.2) is 66.7 Å². The number of methoxy groups -OCH3 is 1. The van der Waals surface area contributed by atoms with Gasteiger partial charge in [-0.25, -0.2) is 9.59 Å². The molecule has 144 valence electrons.